The van der Waals surface area contributed by atoms with Gasteiger partial charge in [0, 0.05) is 18.2 Å². The highest BCUT2D eigenvalue weighted by molar-refractivity contribution is 7.92. The maximum atomic E-state index is 14.2. The van der Waals surface area contributed by atoms with E-state index in [1.807, 2.05) is 6.92 Å². The Morgan fingerprint density at radius 3 is 2.34 bits per heavy atom. The van der Waals surface area contributed by atoms with Crippen molar-refractivity contribution in [2.45, 2.75) is 38.9 Å². The summed E-state index contributed by atoms with van der Waals surface area (Å²) in [6, 6.07) is 2.84. The van der Waals surface area contributed by atoms with Crippen molar-refractivity contribution in [3.8, 4) is 0 Å². The van der Waals surface area contributed by atoms with Crippen LogP contribution in [-0.2, 0) is 21.0 Å². The molecule has 0 aliphatic heterocycles. The number of carbonyl (C=O) groups is 1. The van der Waals surface area contributed by atoms with Gasteiger partial charge in [0.1, 0.15) is 17.2 Å². The molecule has 0 saturated carbocycles. The van der Waals surface area contributed by atoms with Gasteiger partial charge >= 0.3 is 6.18 Å². The molecule has 0 aliphatic carbocycles. The molecule has 0 aliphatic rings. The van der Waals surface area contributed by atoms with E-state index in [-0.39, 0.29) is 16.9 Å². The van der Waals surface area contributed by atoms with E-state index in [2.05, 4.69) is 15.6 Å². The highest BCUT2D eigenvalue weighted by Gasteiger charge is 2.33. The van der Waals surface area contributed by atoms with Crippen LogP contribution >= 0.6 is 0 Å². The predicted molar refractivity (Wildman–Crippen MR) is 123 cm³/mol. The van der Waals surface area contributed by atoms with Gasteiger partial charge in [0.15, 0.2) is 11.6 Å². The fourth-order valence-corrected chi connectivity index (χ4v) is 3.49. The lowest BCUT2D eigenvalue weighted by Gasteiger charge is -2.15. The minimum atomic E-state index is -4.63. The maximum absolute atomic E-state index is 14.2. The molecule has 3 N–H and O–H groups in total. The lowest BCUT2D eigenvalue weighted by molar-refractivity contribution is -0.141. The fourth-order valence-electron chi connectivity index (χ4n) is 2.92. The molecule has 13 heteroatoms. The molecule has 1 aromatic heterocycles. The third kappa shape index (κ3) is 8.50. The van der Waals surface area contributed by atoms with Gasteiger partial charge in [-0.1, -0.05) is 13.3 Å². The normalized spacial score (nSPS) is 13.0. The second-order valence-electron chi connectivity index (χ2n) is 7.71. The summed E-state index contributed by atoms with van der Waals surface area (Å²) < 4.78 is 91.7. The molecule has 2 aromatic rings. The Bertz CT molecular complexity index is 1180. The number of unbranched alkanes of at least 4 members (excludes halogenated alkanes) is 1. The van der Waals surface area contributed by atoms with Gasteiger partial charge in [-0.2, -0.15) is 13.2 Å². The number of nitrogens with zero attached hydrogens (tertiary/aromatic N) is 1. The van der Waals surface area contributed by atoms with E-state index in [1.165, 1.54) is 19.1 Å². The fraction of sp³-hybridized carbons (Fsp3) is 0.364. The minimum absolute atomic E-state index is 0.0268. The summed E-state index contributed by atoms with van der Waals surface area (Å²) in [5.74, 6) is -3.05. The molecule has 35 heavy (non-hydrogen) atoms. The molecule has 1 atom stereocenters. The molecule has 0 radical (unpaired) electrons. The topological polar surface area (TPSA) is 100 Å². The van der Waals surface area contributed by atoms with Gasteiger partial charge in [-0.15, -0.1) is 0 Å². The SMILES string of the molecule is CCCCNc1nc(C(F)(F)F)ccc1C=CC(=O)N[C@H](C)c1cc(F)c(NS(C)(=O)=O)c(F)c1. The van der Waals surface area contributed by atoms with Crippen molar-refractivity contribution in [1.82, 2.24) is 10.3 Å². The minimum Gasteiger partial charge on any atom is -0.370 e. The van der Waals surface area contributed by atoms with Crippen molar-refractivity contribution >= 4 is 33.5 Å². The highest BCUT2D eigenvalue weighted by atomic mass is 32.2. The van der Waals surface area contributed by atoms with Crippen LogP contribution in [0.25, 0.3) is 6.08 Å². The number of benzene rings is 1. The summed E-state index contributed by atoms with van der Waals surface area (Å²) >= 11 is 0. The molecule has 192 valence electrons. The molecule has 0 unspecified atom stereocenters. The van der Waals surface area contributed by atoms with E-state index in [9.17, 15) is 35.2 Å². The van der Waals surface area contributed by atoms with Crippen molar-refractivity contribution in [3.05, 3.63) is 58.8 Å². The zero-order valence-corrected chi connectivity index (χ0v) is 19.9. The summed E-state index contributed by atoms with van der Waals surface area (Å²) in [6.45, 7) is 3.75. The summed E-state index contributed by atoms with van der Waals surface area (Å²) in [7, 11) is -3.91. The van der Waals surface area contributed by atoms with Crippen molar-refractivity contribution in [3.63, 3.8) is 0 Å². The largest absolute Gasteiger partial charge is 0.433 e. The number of carbonyl (C=O) groups excluding carboxylic acids is 1. The maximum Gasteiger partial charge on any atom is 0.433 e. The summed E-state index contributed by atoms with van der Waals surface area (Å²) in [4.78, 5) is 15.9. The Labute approximate surface area is 199 Å². The Kier molecular flexibility index (Phi) is 9.18. The molecule has 1 amide bonds. The van der Waals surface area contributed by atoms with Crippen molar-refractivity contribution < 1.29 is 35.2 Å². The first-order valence-corrected chi connectivity index (χ1v) is 12.4. The number of aromatic nitrogens is 1. The molecule has 0 fully saturated rings. The molecule has 0 spiro atoms. The van der Waals surface area contributed by atoms with Gasteiger partial charge in [-0.3, -0.25) is 9.52 Å². The number of nitrogens with one attached hydrogen (secondary N) is 3. The van der Waals surface area contributed by atoms with Gasteiger partial charge in [-0.05, 0) is 49.2 Å². The third-order valence-corrected chi connectivity index (χ3v) is 5.24. The van der Waals surface area contributed by atoms with Crippen molar-refractivity contribution in [1.29, 1.82) is 0 Å². The van der Waals surface area contributed by atoms with E-state index < -0.39 is 51.2 Å². The molecule has 2 rings (SSSR count). The molecule has 0 bridgehead atoms. The zero-order chi connectivity index (χ0) is 26.4. The monoisotopic (exact) mass is 520 g/mol. The lowest BCUT2D eigenvalue weighted by atomic mass is 10.1. The number of anilines is 2. The van der Waals surface area contributed by atoms with E-state index in [0.717, 1.165) is 37.0 Å². The average molecular weight is 521 g/mol. The molecular weight excluding hydrogens is 495 g/mol. The van der Waals surface area contributed by atoms with Crippen molar-refractivity contribution in [2.24, 2.45) is 0 Å². The first-order chi connectivity index (χ1) is 16.2. The van der Waals surface area contributed by atoms with Crippen LogP contribution in [0.3, 0.4) is 0 Å². The zero-order valence-electron chi connectivity index (χ0n) is 19.1. The van der Waals surface area contributed by atoms with Gasteiger partial charge in [0.25, 0.3) is 0 Å². The number of hydrogen-bond acceptors (Lipinski definition) is 5. The van der Waals surface area contributed by atoms with Gasteiger partial charge < -0.3 is 10.6 Å². The van der Waals surface area contributed by atoms with Crippen LogP contribution in [0, 0.1) is 11.6 Å². The van der Waals surface area contributed by atoms with E-state index in [0.29, 0.717) is 13.0 Å². The van der Waals surface area contributed by atoms with Crippen LogP contribution in [0.15, 0.2) is 30.3 Å². The van der Waals surface area contributed by atoms with E-state index >= 15 is 0 Å². The van der Waals surface area contributed by atoms with Crippen LogP contribution in [0.1, 0.15) is 49.6 Å². The van der Waals surface area contributed by atoms with Gasteiger partial charge in [0.05, 0.1) is 12.3 Å². The first-order valence-electron chi connectivity index (χ1n) is 10.5. The Morgan fingerprint density at radius 1 is 1.17 bits per heavy atom. The average Bonchev–Trinajstić information content (AvgIpc) is 2.74. The smallest absolute Gasteiger partial charge is 0.370 e. The molecule has 0 saturated heterocycles. The number of hydrogen-bond donors (Lipinski definition) is 3. The summed E-state index contributed by atoms with van der Waals surface area (Å²) in [5.41, 5.74) is -1.65. The van der Waals surface area contributed by atoms with Crippen molar-refractivity contribution in [2.75, 3.05) is 22.8 Å². The number of sulfonamides is 1. The Hall–Kier alpha value is -3.22. The molecule has 1 heterocycles. The summed E-state index contributed by atoms with van der Waals surface area (Å²) in [6.07, 6.45) is -0.0600. The summed E-state index contributed by atoms with van der Waals surface area (Å²) in [5, 5.41) is 5.30. The van der Waals surface area contributed by atoms with Crippen LogP contribution in [0.5, 0.6) is 0 Å². The molecule has 7 nitrogen and oxygen atoms in total. The number of amides is 1. The van der Waals surface area contributed by atoms with E-state index in [4.69, 9.17) is 0 Å². The standard InChI is InChI=1S/C22H25F5N4O3S/c1-4-5-10-28-21-14(6-8-18(30-21)22(25,26)27)7-9-19(32)29-13(2)15-11-16(23)20(17(24)12-15)31-35(3,33)34/h6-9,11-13,31H,4-5,10H2,1-3H3,(H,28,30)(H,29,32)/t13-/m1/s1. The van der Waals surface area contributed by atoms with Gasteiger partial charge in [0.2, 0.25) is 15.9 Å². The number of pyridine rings is 1. The first kappa shape index (κ1) is 28.0. The molecular formula is C22H25F5N4O3S. The van der Waals surface area contributed by atoms with Crippen LogP contribution < -0.4 is 15.4 Å². The number of alkyl halides is 3. The lowest BCUT2D eigenvalue weighted by Crippen LogP contribution is -2.25. The number of halogens is 5. The highest BCUT2D eigenvalue weighted by Crippen LogP contribution is 2.30. The molecule has 1 aromatic carbocycles. The Balaban J connectivity index is 2.18. The Morgan fingerprint density at radius 2 is 1.80 bits per heavy atom. The van der Waals surface area contributed by atoms with Gasteiger partial charge in [-0.25, -0.2) is 22.2 Å². The van der Waals surface area contributed by atoms with Crippen LogP contribution in [-0.4, -0.2) is 32.1 Å². The number of rotatable bonds is 10. The van der Waals surface area contributed by atoms with E-state index in [1.54, 1.807) is 4.72 Å². The second-order valence-corrected chi connectivity index (χ2v) is 9.46. The quantitative estimate of drug-likeness (QED) is 0.236. The van der Waals surface area contributed by atoms with Crippen LogP contribution in [0.4, 0.5) is 33.5 Å². The predicted octanol–water partition coefficient (Wildman–Crippen LogP) is 4.85. The van der Waals surface area contributed by atoms with Crippen LogP contribution in [0.2, 0.25) is 0 Å². The second kappa shape index (κ2) is 11.5. The third-order valence-electron chi connectivity index (χ3n) is 4.66.